The Morgan fingerprint density at radius 3 is 2.11 bits per heavy atom. The molecule has 5 aromatic rings. The highest BCUT2D eigenvalue weighted by atomic mass is 33.1. The number of allylic oxidation sites excluding steroid dienone is 1. The van der Waals surface area contributed by atoms with E-state index >= 15 is 0 Å². The molecule has 0 spiro atoms. The summed E-state index contributed by atoms with van der Waals surface area (Å²) in [7, 11) is 2.62. The van der Waals surface area contributed by atoms with E-state index in [9.17, 15) is 19.5 Å². The molecule has 0 radical (unpaired) electrons. The van der Waals surface area contributed by atoms with Gasteiger partial charge < -0.3 is 15.2 Å². The van der Waals surface area contributed by atoms with Gasteiger partial charge in [-0.1, -0.05) is 114 Å². The SMILES string of the molecule is CC(O)=C(C(=O)OC(c1ccccc1)c1ccccc1)N1C(=O)[C@@H](NC(=O)Cc2ccccc2)[C@H]1SSc1nc2ccccc2s1. The lowest BCUT2D eigenvalue weighted by molar-refractivity contribution is -0.154. The number of aliphatic hydroxyl groups is 1. The molecule has 1 aromatic heterocycles. The highest BCUT2D eigenvalue weighted by Gasteiger charge is 2.53. The number of aliphatic hydroxyl groups excluding tert-OH is 1. The molecular weight excluding hydrogens is 639 g/mol. The number of esters is 1. The molecule has 0 saturated carbocycles. The minimum Gasteiger partial charge on any atom is -0.510 e. The molecule has 1 aliphatic heterocycles. The zero-order valence-corrected chi connectivity index (χ0v) is 27.1. The summed E-state index contributed by atoms with van der Waals surface area (Å²) >= 11 is 1.50. The van der Waals surface area contributed by atoms with Crippen LogP contribution >= 0.6 is 32.9 Å². The number of nitrogens with zero attached hydrogens (tertiary/aromatic N) is 2. The van der Waals surface area contributed by atoms with E-state index in [1.807, 2.05) is 115 Å². The van der Waals surface area contributed by atoms with E-state index in [4.69, 9.17) is 4.74 Å². The number of likely N-dealkylation sites (tertiary alicyclic amines) is 1. The van der Waals surface area contributed by atoms with E-state index in [0.29, 0.717) is 0 Å². The molecule has 2 atom stereocenters. The molecule has 2 heterocycles. The molecule has 1 fully saturated rings. The molecular formula is C35H29N3O5S3. The number of carbonyl (C=O) groups excluding carboxylic acids is 3. The van der Waals surface area contributed by atoms with Crippen LogP contribution in [0.3, 0.4) is 0 Å². The maximum absolute atomic E-state index is 13.9. The highest BCUT2D eigenvalue weighted by Crippen LogP contribution is 2.46. The minimum atomic E-state index is -0.940. The topological polar surface area (TPSA) is 109 Å². The summed E-state index contributed by atoms with van der Waals surface area (Å²) in [4.78, 5) is 46.5. The molecule has 0 aliphatic carbocycles. The van der Waals surface area contributed by atoms with E-state index in [0.717, 1.165) is 31.2 Å². The molecule has 4 aromatic carbocycles. The molecule has 8 nitrogen and oxygen atoms in total. The summed E-state index contributed by atoms with van der Waals surface area (Å²) in [6.07, 6.45) is -0.697. The van der Waals surface area contributed by atoms with Gasteiger partial charge in [-0.2, -0.15) is 0 Å². The number of para-hydroxylation sites is 1. The third kappa shape index (κ3) is 6.96. The molecule has 11 heteroatoms. The zero-order chi connectivity index (χ0) is 32.0. The second kappa shape index (κ2) is 14.2. The maximum atomic E-state index is 13.9. The van der Waals surface area contributed by atoms with Crippen molar-refractivity contribution in [3.05, 3.63) is 143 Å². The lowest BCUT2D eigenvalue weighted by atomic mass is 10.0. The Bertz CT molecular complexity index is 1810. The van der Waals surface area contributed by atoms with E-state index in [-0.39, 0.29) is 23.8 Å². The number of nitrogens with one attached hydrogen (secondary N) is 1. The number of β-lactam (4-membered cyclic amide) rings is 1. The lowest BCUT2D eigenvalue weighted by Crippen LogP contribution is -2.69. The number of benzene rings is 4. The van der Waals surface area contributed by atoms with Crippen molar-refractivity contribution in [1.82, 2.24) is 15.2 Å². The van der Waals surface area contributed by atoms with Crippen LogP contribution in [-0.2, 0) is 25.5 Å². The van der Waals surface area contributed by atoms with Gasteiger partial charge in [0.05, 0.1) is 16.6 Å². The van der Waals surface area contributed by atoms with E-state index in [1.54, 1.807) is 0 Å². The lowest BCUT2D eigenvalue weighted by Gasteiger charge is -2.46. The molecule has 2 N–H and O–H groups in total. The number of thiazole rings is 1. The predicted molar refractivity (Wildman–Crippen MR) is 182 cm³/mol. The first-order valence-electron chi connectivity index (χ1n) is 14.4. The van der Waals surface area contributed by atoms with Crippen LogP contribution in [0.25, 0.3) is 10.2 Å². The fraction of sp³-hybridized carbons (Fsp3) is 0.143. The first kappa shape index (κ1) is 31.4. The van der Waals surface area contributed by atoms with Crippen molar-refractivity contribution in [3.8, 4) is 0 Å². The Kier molecular flexibility index (Phi) is 9.72. The quantitative estimate of drug-likeness (QED) is 0.0507. The number of amides is 2. The fourth-order valence-corrected chi connectivity index (χ4v) is 9.00. The van der Waals surface area contributed by atoms with Crippen LogP contribution < -0.4 is 5.32 Å². The Labute approximate surface area is 277 Å². The van der Waals surface area contributed by atoms with Gasteiger partial charge >= 0.3 is 5.97 Å². The van der Waals surface area contributed by atoms with E-state index < -0.39 is 29.4 Å². The normalized spacial score (nSPS) is 16.6. The van der Waals surface area contributed by atoms with Gasteiger partial charge in [0, 0.05) is 0 Å². The van der Waals surface area contributed by atoms with Gasteiger partial charge in [0.15, 0.2) is 16.1 Å². The van der Waals surface area contributed by atoms with Gasteiger partial charge in [-0.05, 0) is 46.5 Å². The van der Waals surface area contributed by atoms with Gasteiger partial charge in [-0.15, -0.1) is 11.3 Å². The molecule has 1 aliphatic rings. The first-order chi connectivity index (χ1) is 22.4. The van der Waals surface area contributed by atoms with E-state index in [2.05, 4.69) is 10.3 Å². The van der Waals surface area contributed by atoms with E-state index in [1.165, 1.54) is 44.7 Å². The number of hydrogen-bond donors (Lipinski definition) is 2. The van der Waals surface area contributed by atoms with Gasteiger partial charge in [0.1, 0.15) is 17.2 Å². The van der Waals surface area contributed by atoms with Crippen molar-refractivity contribution in [2.45, 2.75) is 35.2 Å². The average Bonchev–Trinajstić information content (AvgIpc) is 3.50. The second-order valence-corrected chi connectivity index (χ2v) is 14.1. The Balaban J connectivity index is 1.26. The Morgan fingerprint density at radius 2 is 1.50 bits per heavy atom. The fourth-order valence-electron chi connectivity index (χ4n) is 5.08. The molecule has 1 saturated heterocycles. The number of aromatic nitrogens is 1. The summed E-state index contributed by atoms with van der Waals surface area (Å²) in [6.45, 7) is 1.34. The summed E-state index contributed by atoms with van der Waals surface area (Å²) in [6, 6.07) is 34.6. The van der Waals surface area contributed by atoms with Crippen molar-refractivity contribution in [1.29, 1.82) is 0 Å². The first-order valence-corrected chi connectivity index (χ1v) is 17.5. The van der Waals surface area contributed by atoms with Crippen molar-refractivity contribution in [3.63, 3.8) is 0 Å². The number of ether oxygens (including phenoxy) is 1. The number of carbonyl (C=O) groups is 3. The third-order valence-corrected chi connectivity index (χ3v) is 11.3. The largest absolute Gasteiger partial charge is 0.510 e. The molecule has 2 amide bonds. The van der Waals surface area contributed by atoms with Crippen LogP contribution in [0.1, 0.15) is 29.7 Å². The molecule has 46 heavy (non-hydrogen) atoms. The molecule has 232 valence electrons. The number of hydrogen-bond acceptors (Lipinski definition) is 9. The van der Waals surface area contributed by atoms with Gasteiger partial charge in [0.25, 0.3) is 5.91 Å². The van der Waals surface area contributed by atoms with Crippen LogP contribution in [0.15, 0.2) is 131 Å². The van der Waals surface area contributed by atoms with Gasteiger partial charge in [0.2, 0.25) is 5.91 Å². The third-order valence-electron chi connectivity index (χ3n) is 7.27. The van der Waals surface area contributed by atoms with Gasteiger partial charge in [-0.3, -0.25) is 14.5 Å². The van der Waals surface area contributed by atoms with Gasteiger partial charge in [-0.25, -0.2) is 9.78 Å². The Hall–Kier alpha value is -4.58. The standard InChI is InChI=1S/C35H29N3O5S3/c1-22(39)30(34(42)43-31(24-15-7-3-8-16-24)25-17-9-4-10-18-25)38-32(41)29(37-28(40)21-23-13-5-2-6-14-23)33(38)45-46-35-36-26-19-11-12-20-27(26)44-35/h2-20,29,31,33,39H,21H2,1H3,(H,37,40)/t29-,33-/m1/s1. The number of rotatable bonds is 11. The minimum absolute atomic E-state index is 0.0899. The predicted octanol–water partition coefficient (Wildman–Crippen LogP) is 7.05. The highest BCUT2D eigenvalue weighted by molar-refractivity contribution is 8.77. The maximum Gasteiger partial charge on any atom is 0.359 e. The van der Waals surface area contributed by atoms with Crippen LogP contribution in [0.4, 0.5) is 0 Å². The van der Waals surface area contributed by atoms with Crippen molar-refractivity contribution in [2.75, 3.05) is 0 Å². The van der Waals surface area contributed by atoms with Crippen LogP contribution in [0.5, 0.6) is 0 Å². The summed E-state index contributed by atoms with van der Waals surface area (Å²) in [5, 5.41) is 12.9. The summed E-state index contributed by atoms with van der Waals surface area (Å²) < 4.78 is 7.80. The van der Waals surface area contributed by atoms with Crippen LogP contribution in [-0.4, -0.2) is 44.2 Å². The second-order valence-electron chi connectivity index (χ2n) is 10.5. The van der Waals surface area contributed by atoms with Crippen molar-refractivity contribution >= 4 is 60.9 Å². The molecule has 0 unspecified atom stereocenters. The summed E-state index contributed by atoms with van der Waals surface area (Å²) in [5.74, 6) is -2.10. The Morgan fingerprint density at radius 1 is 0.913 bits per heavy atom. The van der Waals surface area contributed by atoms with Crippen LogP contribution in [0, 0.1) is 0 Å². The average molecular weight is 668 g/mol. The smallest absolute Gasteiger partial charge is 0.359 e. The van der Waals surface area contributed by atoms with Crippen LogP contribution in [0.2, 0.25) is 0 Å². The molecule has 6 rings (SSSR count). The monoisotopic (exact) mass is 667 g/mol. The molecule has 0 bridgehead atoms. The number of fused-ring (bicyclic) bond motifs is 1. The summed E-state index contributed by atoms with van der Waals surface area (Å²) in [5.41, 5.74) is 2.84. The van der Waals surface area contributed by atoms with Crippen molar-refractivity contribution in [2.24, 2.45) is 0 Å². The van der Waals surface area contributed by atoms with Crippen molar-refractivity contribution < 1.29 is 24.2 Å². The zero-order valence-electron chi connectivity index (χ0n) is 24.6.